The summed E-state index contributed by atoms with van der Waals surface area (Å²) in [5.74, 6) is -0.165. The first-order valence-electron chi connectivity index (χ1n) is 6.19. The van der Waals surface area contributed by atoms with E-state index in [-0.39, 0.29) is 22.7 Å². The SMILES string of the molecule is CC(=O)Nc1ccc(S(=O)(=O)CC2CCCO2)cc1. The van der Waals surface area contributed by atoms with Crippen molar-refractivity contribution in [2.24, 2.45) is 0 Å². The molecule has 1 fully saturated rings. The highest BCUT2D eigenvalue weighted by atomic mass is 32.2. The summed E-state index contributed by atoms with van der Waals surface area (Å²) in [6.45, 7) is 2.05. The summed E-state index contributed by atoms with van der Waals surface area (Å²) in [5, 5.41) is 2.60. The fraction of sp³-hybridized carbons (Fsp3) is 0.462. The molecule has 1 aliphatic rings. The topological polar surface area (TPSA) is 72.5 Å². The molecule has 1 aromatic carbocycles. The molecule has 1 saturated heterocycles. The monoisotopic (exact) mass is 283 g/mol. The van der Waals surface area contributed by atoms with Gasteiger partial charge < -0.3 is 10.1 Å². The minimum absolute atomic E-state index is 0.0203. The van der Waals surface area contributed by atoms with Crippen LogP contribution >= 0.6 is 0 Å². The van der Waals surface area contributed by atoms with Crippen LogP contribution in [0.3, 0.4) is 0 Å². The fourth-order valence-corrected chi connectivity index (χ4v) is 3.56. The van der Waals surface area contributed by atoms with Crippen LogP contribution in [-0.2, 0) is 19.4 Å². The molecule has 1 N–H and O–H groups in total. The van der Waals surface area contributed by atoms with Crippen molar-refractivity contribution in [2.75, 3.05) is 17.7 Å². The molecular weight excluding hydrogens is 266 g/mol. The molecule has 19 heavy (non-hydrogen) atoms. The maximum Gasteiger partial charge on any atom is 0.221 e. The van der Waals surface area contributed by atoms with Gasteiger partial charge in [0.05, 0.1) is 16.8 Å². The molecular formula is C13H17NO4S. The predicted octanol–water partition coefficient (Wildman–Crippen LogP) is 1.60. The van der Waals surface area contributed by atoms with Crippen LogP contribution in [0.15, 0.2) is 29.2 Å². The van der Waals surface area contributed by atoms with Crippen LogP contribution in [0.4, 0.5) is 5.69 Å². The van der Waals surface area contributed by atoms with Crippen molar-refractivity contribution in [3.05, 3.63) is 24.3 Å². The largest absolute Gasteiger partial charge is 0.377 e. The molecule has 0 aliphatic carbocycles. The number of nitrogens with one attached hydrogen (secondary N) is 1. The third-order valence-corrected chi connectivity index (χ3v) is 4.76. The van der Waals surface area contributed by atoms with Gasteiger partial charge in [0.25, 0.3) is 0 Å². The van der Waals surface area contributed by atoms with Gasteiger partial charge in [-0.2, -0.15) is 0 Å². The Hall–Kier alpha value is -1.40. The summed E-state index contributed by atoms with van der Waals surface area (Å²) in [6, 6.07) is 6.19. The van der Waals surface area contributed by atoms with E-state index < -0.39 is 9.84 Å². The van der Waals surface area contributed by atoms with Gasteiger partial charge in [-0.25, -0.2) is 8.42 Å². The average Bonchev–Trinajstić information content (AvgIpc) is 2.81. The second-order valence-corrected chi connectivity index (χ2v) is 6.66. The first-order valence-corrected chi connectivity index (χ1v) is 7.84. The molecule has 0 bridgehead atoms. The molecule has 1 unspecified atom stereocenters. The first kappa shape index (κ1) is 14.0. The van der Waals surface area contributed by atoms with E-state index >= 15 is 0 Å². The Morgan fingerprint density at radius 3 is 2.58 bits per heavy atom. The van der Waals surface area contributed by atoms with Gasteiger partial charge >= 0.3 is 0 Å². The molecule has 1 amide bonds. The number of carbonyl (C=O) groups is 1. The number of carbonyl (C=O) groups excluding carboxylic acids is 1. The molecule has 104 valence electrons. The van der Waals surface area contributed by atoms with Gasteiger partial charge in [0.1, 0.15) is 0 Å². The molecule has 1 atom stereocenters. The highest BCUT2D eigenvalue weighted by molar-refractivity contribution is 7.91. The van der Waals surface area contributed by atoms with Gasteiger partial charge in [0.15, 0.2) is 9.84 Å². The number of hydrogen-bond acceptors (Lipinski definition) is 4. The second kappa shape index (κ2) is 5.71. The zero-order chi connectivity index (χ0) is 13.9. The van der Waals surface area contributed by atoms with E-state index in [1.807, 2.05) is 0 Å². The van der Waals surface area contributed by atoms with Crippen LogP contribution in [0, 0.1) is 0 Å². The van der Waals surface area contributed by atoms with Crippen molar-refractivity contribution in [2.45, 2.75) is 30.8 Å². The Kier molecular flexibility index (Phi) is 4.21. The number of ether oxygens (including phenoxy) is 1. The minimum Gasteiger partial charge on any atom is -0.377 e. The third kappa shape index (κ3) is 3.78. The van der Waals surface area contributed by atoms with Crippen LogP contribution in [0.2, 0.25) is 0 Å². The van der Waals surface area contributed by atoms with Crippen LogP contribution in [0.25, 0.3) is 0 Å². The lowest BCUT2D eigenvalue weighted by Gasteiger charge is -2.10. The standard InChI is InChI=1S/C13H17NO4S/c1-10(15)14-11-4-6-13(7-5-11)19(16,17)9-12-3-2-8-18-12/h4-7,12H,2-3,8-9H2,1H3,(H,14,15). The molecule has 1 aliphatic heterocycles. The van der Waals surface area contributed by atoms with E-state index in [4.69, 9.17) is 4.74 Å². The maximum atomic E-state index is 12.2. The molecule has 0 spiro atoms. The quantitative estimate of drug-likeness (QED) is 0.911. The van der Waals surface area contributed by atoms with E-state index in [1.54, 1.807) is 12.1 Å². The zero-order valence-electron chi connectivity index (χ0n) is 10.8. The van der Waals surface area contributed by atoms with Crippen LogP contribution in [0.5, 0.6) is 0 Å². The summed E-state index contributed by atoms with van der Waals surface area (Å²) in [7, 11) is -3.33. The summed E-state index contributed by atoms with van der Waals surface area (Å²) < 4.78 is 29.7. The predicted molar refractivity (Wildman–Crippen MR) is 71.8 cm³/mol. The fourth-order valence-electron chi connectivity index (χ4n) is 2.07. The maximum absolute atomic E-state index is 12.2. The normalized spacial score (nSPS) is 19.3. The lowest BCUT2D eigenvalue weighted by atomic mass is 10.3. The molecule has 0 radical (unpaired) electrons. The van der Waals surface area contributed by atoms with Gasteiger partial charge in [-0.15, -0.1) is 0 Å². The lowest BCUT2D eigenvalue weighted by molar-refractivity contribution is -0.114. The summed E-state index contributed by atoms with van der Waals surface area (Å²) in [5.41, 5.74) is 0.587. The molecule has 0 aromatic heterocycles. The van der Waals surface area contributed by atoms with Crippen molar-refractivity contribution >= 4 is 21.4 Å². The van der Waals surface area contributed by atoms with Crippen molar-refractivity contribution < 1.29 is 17.9 Å². The number of hydrogen-bond donors (Lipinski definition) is 1. The van der Waals surface area contributed by atoms with Crippen LogP contribution < -0.4 is 5.32 Å². The number of amides is 1. The summed E-state index contributed by atoms with van der Waals surface area (Å²) in [4.78, 5) is 11.1. The Balaban J connectivity index is 2.09. The van der Waals surface area contributed by atoms with E-state index in [2.05, 4.69) is 5.32 Å². The second-order valence-electron chi connectivity index (χ2n) is 4.62. The Morgan fingerprint density at radius 1 is 1.37 bits per heavy atom. The van der Waals surface area contributed by atoms with Gasteiger partial charge in [-0.1, -0.05) is 0 Å². The third-order valence-electron chi connectivity index (χ3n) is 2.96. The summed E-state index contributed by atoms with van der Waals surface area (Å²) in [6.07, 6.45) is 1.52. The minimum atomic E-state index is -3.33. The number of anilines is 1. The Bertz CT molecular complexity index is 545. The summed E-state index contributed by atoms with van der Waals surface area (Å²) >= 11 is 0. The number of rotatable bonds is 4. The van der Waals surface area contributed by atoms with Crippen LogP contribution in [0.1, 0.15) is 19.8 Å². The van der Waals surface area contributed by atoms with E-state index in [0.717, 1.165) is 12.8 Å². The van der Waals surface area contributed by atoms with Gasteiger partial charge in [-0.3, -0.25) is 4.79 Å². The first-order chi connectivity index (χ1) is 8.97. The van der Waals surface area contributed by atoms with Crippen molar-refractivity contribution in [1.29, 1.82) is 0 Å². The smallest absolute Gasteiger partial charge is 0.221 e. The average molecular weight is 283 g/mol. The highest BCUT2D eigenvalue weighted by Gasteiger charge is 2.24. The van der Waals surface area contributed by atoms with Crippen molar-refractivity contribution in [1.82, 2.24) is 0 Å². The lowest BCUT2D eigenvalue weighted by Crippen LogP contribution is -2.20. The van der Waals surface area contributed by atoms with E-state index in [0.29, 0.717) is 12.3 Å². The molecule has 5 nitrogen and oxygen atoms in total. The van der Waals surface area contributed by atoms with Crippen molar-refractivity contribution in [3.63, 3.8) is 0 Å². The number of benzene rings is 1. The van der Waals surface area contributed by atoms with Gasteiger partial charge in [-0.05, 0) is 37.1 Å². The molecule has 2 rings (SSSR count). The molecule has 0 saturated carbocycles. The zero-order valence-corrected chi connectivity index (χ0v) is 11.6. The number of sulfone groups is 1. The van der Waals surface area contributed by atoms with Gasteiger partial charge in [0, 0.05) is 19.2 Å². The molecule has 6 heteroatoms. The van der Waals surface area contributed by atoms with E-state index in [1.165, 1.54) is 19.1 Å². The Labute approximate surface area is 112 Å². The van der Waals surface area contributed by atoms with Crippen LogP contribution in [-0.4, -0.2) is 32.8 Å². The van der Waals surface area contributed by atoms with Gasteiger partial charge in [0.2, 0.25) is 5.91 Å². The molecule has 1 heterocycles. The van der Waals surface area contributed by atoms with E-state index in [9.17, 15) is 13.2 Å². The van der Waals surface area contributed by atoms with Crippen molar-refractivity contribution in [3.8, 4) is 0 Å². The highest BCUT2D eigenvalue weighted by Crippen LogP contribution is 2.20. The Morgan fingerprint density at radius 2 is 2.05 bits per heavy atom. The molecule has 1 aromatic rings.